The highest BCUT2D eigenvalue weighted by Crippen LogP contribution is 2.66. The van der Waals surface area contributed by atoms with E-state index in [0.29, 0.717) is 18.4 Å². The standard InChI is InChI=1S/C27H26F14O4/c1-20-9-7-13(44-18(42)22(28,29)24(32,33)26(36,37)38)11-12(20)3-4-14-15-5-6-17(21(15,2)10-8-16(14)20)45-19(43)23(30,31)25(34,35)27(39,40)41/h7,11,14-17H,3-6,8-10H2,1-2H3/t14?,15?,16?,17-,20-,21-/m0/s1. The van der Waals surface area contributed by atoms with Gasteiger partial charge in [-0.05, 0) is 80.3 Å². The Labute approximate surface area is 246 Å². The van der Waals surface area contributed by atoms with Crippen molar-refractivity contribution in [3.63, 3.8) is 0 Å². The quantitative estimate of drug-likeness (QED) is 0.209. The summed E-state index contributed by atoms with van der Waals surface area (Å²) in [6.45, 7) is 3.31. The van der Waals surface area contributed by atoms with Crippen molar-refractivity contribution in [2.75, 3.05) is 0 Å². The average molecular weight is 680 g/mol. The summed E-state index contributed by atoms with van der Waals surface area (Å²) in [7, 11) is 0. The Balaban J connectivity index is 1.48. The molecule has 3 saturated carbocycles. The molecule has 0 aromatic heterocycles. The zero-order valence-electron chi connectivity index (χ0n) is 23.3. The molecule has 0 aromatic rings. The molecule has 256 valence electrons. The third kappa shape index (κ3) is 5.19. The number of halogens is 14. The van der Waals surface area contributed by atoms with Gasteiger partial charge in [0, 0.05) is 5.41 Å². The highest BCUT2D eigenvalue weighted by molar-refractivity contribution is 5.80. The van der Waals surface area contributed by atoms with E-state index in [1.807, 2.05) is 0 Å². The van der Waals surface area contributed by atoms with Crippen LogP contribution < -0.4 is 0 Å². The molecule has 0 amide bonds. The van der Waals surface area contributed by atoms with Crippen molar-refractivity contribution in [3.05, 3.63) is 23.5 Å². The number of esters is 2. The molecule has 0 N–H and O–H groups in total. The molecule has 3 unspecified atom stereocenters. The second-order valence-electron chi connectivity index (χ2n) is 12.5. The second-order valence-corrected chi connectivity index (χ2v) is 12.5. The molecule has 0 aromatic carbocycles. The number of hydrogen-bond donors (Lipinski definition) is 0. The third-order valence-corrected chi connectivity index (χ3v) is 10.2. The van der Waals surface area contributed by atoms with E-state index in [0.717, 1.165) is 12.2 Å². The summed E-state index contributed by atoms with van der Waals surface area (Å²) in [5, 5.41) is 0. The molecule has 6 atom stereocenters. The van der Waals surface area contributed by atoms with Gasteiger partial charge in [-0.3, -0.25) is 0 Å². The molecular weight excluding hydrogens is 654 g/mol. The van der Waals surface area contributed by atoms with Crippen molar-refractivity contribution in [1.82, 2.24) is 0 Å². The van der Waals surface area contributed by atoms with Gasteiger partial charge in [0.1, 0.15) is 11.9 Å². The van der Waals surface area contributed by atoms with E-state index in [9.17, 15) is 71.1 Å². The summed E-state index contributed by atoms with van der Waals surface area (Å²) in [5.74, 6) is -33.4. The summed E-state index contributed by atoms with van der Waals surface area (Å²) < 4.78 is 193. The fourth-order valence-electron chi connectivity index (χ4n) is 7.59. The Morgan fingerprint density at radius 2 is 1.27 bits per heavy atom. The molecule has 0 aliphatic heterocycles. The first-order valence-corrected chi connectivity index (χ1v) is 13.7. The van der Waals surface area contributed by atoms with E-state index >= 15 is 0 Å². The minimum Gasteiger partial charge on any atom is -0.457 e. The highest BCUT2D eigenvalue weighted by atomic mass is 19.4. The van der Waals surface area contributed by atoms with E-state index < -0.39 is 70.7 Å². The Hall–Kier alpha value is -2.56. The van der Waals surface area contributed by atoms with E-state index in [1.165, 1.54) is 0 Å². The Bertz CT molecular complexity index is 1280. The number of fused-ring (bicyclic) bond motifs is 5. The molecule has 0 heterocycles. The van der Waals surface area contributed by atoms with Crippen LogP contribution in [-0.2, 0) is 19.1 Å². The smallest absolute Gasteiger partial charge is 0.457 e. The van der Waals surface area contributed by atoms with Crippen LogP contribution >= 0.6 is 0 Å². The molecule has 18 heteroatoms. The monoisotopic (exact) mass is 680 g/mol. The molecule has 4 rings (SSSR count). The lowest BCUT2D eigenvalue weighted by atomic mass is 9.48. The first kappa shape index (κ1) is 35.3. The van der Waals surface area contributed by atoms with Gasteiger partial charge >= 0.3 is 48.0 Å². The summed E-state index contributed by atoms with van der Waals surface area (Å²) in [4.78, 5) is 23.7. The van der Waals surface area contributed by atoms with Gasteiger partial charge in [-0.15, -0.1) is 0 Å². The number of ether oxygens (including phenoxy) is 2. The van der Waals surface area contributed by atoms with Gasteiger partial charge in [-0.1, -0.05) is 19.4 Å². The average Bonchev–Trinajstić information content (AvgIpc) is 3.23. The van der Waals surface area contributed by atoms with Crippen LogP contribution in [0.2, 0.25) is 0 Å². The van der Waals surface area contributed by atoms with Crippen molar-refractivity contribution < 1.29 is 80.5 Å². The van der Waals surface area contributed by atoms with Crippen LogP contribution in [0.25, 0.3) is 0 Å². The predicted octanol–water partition coefficient (Wildman–Crippen LogP) is 8.56. The Kier molecular flexibility index (Phi) is 8.22. The lowest BCUT2D eigenvalue weighted by molar-refractivity contribution is -0.349. The van der Waals surface area contributed by atoms with Crippen molar-refractivity contribution in [3.8, 4) is 0 Å². The topological polar surface area (TPSA) is 52.6 Å². The molecule has 0 bridgehead atoms. The summed E-state index contributed by atoms with van der Waals surface area (Å²) in [6, 6.07) is 0. The first-order chi connectivity index (χ1) is 20.2. The van der Waals surface area contributed by atoms with E-state index in [4.69, 9.17) is 0 Å². The van der Waals surface area contributed by atoms with Crippen LogP contribution in [0.3, 0.4) is 0 Å². The van der Waals surface area contributed by atoms with E-state index in [2.05, 4.69) is 9.47 Å². The minimum absolute atomic E-state index is 0.0234. The van der Waals surface area contributed by atoms with Crippen LogP contribution in [0, 0.1) is 28.6 Å². The van der Waals surface area contributed by atoms with Crippen molar-refractivity contribution in [1.29, 1.82) is 0 Å². The molecule has 0 spiro atoms. The van der Waals surface area contributed by atoms with Crippen LogP contribution in [-0.4, -0.2) is 54.1 Å². The SMILES string of the molecule is C[C@]12CC=C(OC(=O)C(F)(F)C(F)(F)C(F)(F)F)C=C1CCC1C2CC[C@@]2(C)C1CC[C@@H]2OC(=O)C(F)(F)C(F)(F)C(F)(F)F. The molecule has 4 aliphatic rings. The minimum atomic E-state index is -6.74. The number of rotatable bonds is 6. The summed E-state index contributed by atoms with van der Waals surface area (Å²) in [6.07, 6.45) is -11.6. The molecule has 3 fully saturated rings. The molecule has 4 aliphatic carbocycles. The lowest BCUT2D eigenvalue weighted by Gasteiger charge is -2.57. The maximum atomic E-state index is 14.0. The predicted molar refractivity (Wildman–Crippen MR) is 123 cm³/mol. The van der Waals surface area contributed by atoms with Gasteiger partial charge in [0.15, 0.2) is 0 Å². The summed E-state index contributed by atoms with van der Waals surface area (Å²) in [5.41, 5.74) is -1.33. The van der Waals surface area contributed by atoms with Gasteiger partial charge < -0.3 is 9.47 Å². The normalized spacial score (nSPS) is 32.9. The zero-order valence-corrected chi connectivity index (χ0v) is 23.3. The number of allylic oxidation sites excluding steroid dienone is 3. The lowest BCUT2D eigenvalue weighted by Crippen LogP contribution is -2.58. The fourth-order valence-corrected chi connectivity index (χ4v) is 7.59. The van der Waals surface area contributed by atoms with Crippen LogP contribution in [0.15, 0.2) is 23.5 Å². The Morgan fingerprint density at radius 1 is 0.733 bits per heavy atom. The van der Waals surface area contributed by atoms with Crippen molar-refractivity contribution >= 4 is 11.9 Å². The van der Waals surface area contributed by atoms with Crippen molar-refractivity contribution in [2.24, 2.45) is 28.6 Å². The second kappa shape index (κ2) is 10.5. The van der Waals surface area contributed by atoms with Gasteiger partial charge in [0.2, 0.25) is 0 Å². The number of carbonyl (C=O) groups excluding carboxylic acids is 2. The Morgan fingerprint density at radius 3 is 1.80 bits per heavy atom. The molecule has 0 radical (unpaired) electrons. The molecule has 4 nitrogen and oxygen atoms in total. The highest BCUT2D eigenvalue weighted by Gasteiger charge is 2.78. The molecule has 0 saturated heterocycles. The van der Waals surface area contributed by atoms with Crippen molar-refractivity contribution in [2.45, 2.75) is 101 Å². The number of alkyl halides is 14. The van der Waals surface area contributed by atoms with Gasteiger partial charge in [-0.25, -0.2) is 9.59 Å². The number of carbonyl (C=O) groups is 2. The van der Waals surface area contributed by atoms with Gasteiger partial charge in [0.05, 0.1) is 0 Å². The largest absolute Gasteiger partial charge is 0.460 e. The first-order valence-electron chi connectivity index (χ1n) is 13.7. The van der Waals surface area contributed by atoms with Crippen LogP contribution in [0.4, 0.5) is 61.5 Å². The third-order valence-electron chi connectivity index (χ3n) is 10.2. The molecular formula is C27H26F14O4. The number of hydrogen-bond acceptors (Lipinski definition) is 4. The maximum absolute atomic E-state index is 14.0. The van der Waals surface area contributed by atoms with Crippen LogP contribution in [0.5, 0.6) is 0 Å². The van der Waals surface area contributed by atoms with Gasteiger partial charge in [-0.2, -0.15) is 61.5 Å². The zero-order chi connectivity index (χ0) is 34.4. The summed E-state index contributed by atoms with van der Waals surface area (Å²) >= 11 is 0. The van der Waals surface area contributed by atoms with Crippen LogP contribution in [0.1, 0.15) is 58.8 Å². The maximum Gasteiger partial charge on any atom is 0.460 e. The van der Waals surface area contributed by atoms with Gasteiger partial charge in [0.25, 0.3) is 0 Å². The molecule has 45 heavy (non-hydrogen) atoms. The van der Waals surface area contributed by atoms with E-state index in [1.54, 1.807) is 13.8 Å². The fraction of sp³-hybridized carbons (Fsp3) is 0.778. The van der Waals surface area contributed by atoms with E-state index in [-0.39, 0.29) is 49.9 Å².